The highest BCUT2D eigenvalue weighted by Crippen LogP contribution is 2.50. The first kappa shape index (κ1) is 17.8. The highest BCUT2D eigenvalue weighted by molar-refractivity contribution is 5.93. The van der Waals surface area contributed by atoms with E-state index in [0.29, 0.717) is 6.54 Å². The summed E-state index contributed by atoms with van der Waals surface area (Å²) in [6.45, 7) is 2.50. The van der Waals surface area contributed by atoms with Crippen LogP contribution >= 0.6 is 0 Å². The zero-order valence-electron chi connectivity index (χ0n) is 15.1. The van der Waals surface area contributed by atoms with Crippen LogP contribution in [0.3, 0.4) is 0 Å². The molecule has 5 heteroatoms. The summed E-state index contributed by atoms with van der Waals surface area (Å²) >= 11 is 0. The Balaban J connectivity index is 1.70. The van der Waals surface area contributed by atoms with E-state index in [2.05, 4.69) is 10.6 Å². The van der Waals surface area contributed by atoms with Crippen LogP contribution in [-0.4, -0.2) is 31.0 Å². The van der Waals surface area contributed by atoms with E-state index in [4.69, 9.17) is 4.74 Å². The Labute approximate surface area is 149 Å². The molecule has 1 aromatic rings. The van der Waals surface area contributed by atoms with Gasteiger partial charge in [0.05, 0.1) is 7.11 Å². The van der Waals surface area contributed by atoms with Gasteiger partial charge in [-0.25, -0.2) is 0 Å². The fourth-order valence-electron chi connectivity index (χ4n) is 4.02. The maximum absolute atomic E-state index is 12.8. The Morgan fingerprint density at radius 2 is 1.92 bits per heavy atom. The average molecular weight is 344 g/mol. The van der Waals surface area contributed by atoms with Crippen molar-refractivity contribution in [2.75, 3.05) is 13.7 Å². The number of nitrogens with one attached hydrogen (secondary N) is 2. The second kappa shape index (κ2) is 7.46. The van der Waals surface area contributed by atoms with Gasteiger partial charge in [0.25, 0.3) is 0 Å². The van der Waals surface area contributed by atoms with Crippen LogP contribution in [0.5, 0.6) is 5.75 Å². The summed E-state index contributed by atoms with van der Waals surface area (Å²) in [6.07, 6.45) is 5.38. The number of likely N-dealkylation sites (N-methyl/N-ethyl adjacent to an activating group) is 1. The Morgan fingerprint density at radius 1 is 1.20 bits per heavy atom. The van der Waals surface area contributed by atoms with Crippen LogP contribution in [0.2, 0.25) is 0 Å². The van der Waals surface area contributed by atoms with Gasteiger partial charge in [0.15, 0.2) is 0 Å². The van der Waals surface area contributed by atoms with E-state index in [1.807, 2.05) is 31.2 Å². The third kappa shape index (κ3) is 3.65. The van der Waals surface area contributed by atoms with Crippen molar-refractivity contribution in [3.05, 3.63) is 29.8 Å². The number of amides is 2. The second-order valence-electron chi connectivity index (χ2n) is 7.18. The van der Waals surface area contributed by atoms with Crippen molar-refractivity contribution < 1.29 is 14.3 Å². The van der Waals surface area contributed by atoms with Gasteiger partial charge in [-0.05, 0) is 43.7 Å². The van der Waals surface area contributed by atoms with E-state index in [-0.39, 0.29) is 23.7 Å². The lowest BCUT2D eigenvalue weighted by Gasteiger charge is -2.36. The summed E-state index contributed by atoms with van der Waals surface area (Å²) in [4.78, 5) is 25.4. The van der Waals surface area contributed by atoms with Crippen molar-refractivity contribution in [2.45, 2.75) is 56.9 Å². The molecule has 0 heterocycles. The number of hydrogen-bond acceptors (Lipinski definition) is 3. The third-order valence-corrected chi connectivity index (χ3v) is 5.51. The van der Waals surface area contributed by atoms with Gasteiger partial charge < -0.3 is 15.4 Å². The maximum atomic E-state index is 12.8. The number of carbonyl (C=O) groups is 2. The summed E-state index contributed by atoms with van der Waals surface area (Å²) in [5.74, 6) is 0.927. The lowest BCUT2D eigenvalue weighted by atomic mass is 9.80. The standard InChI is InChI=1S/C20H28N2O3/c1-3-21-19(24)20(11-7-4-8-12-20)22-18(23)16-13-15(16)14-9-5-6-10-17(14)25-2/h5-6,9-10,15-16H,3-4,7-8,11-13H2,1-2H3,(H,21,24)(H,22,23)/t15-,16+/m0/s1. The largest absolute Gasteiger partial charge is 0.496 e. The van der Waals surface area contributed by atoms with Crippen LogP contribution in [0.1, 0.15) is 56.9 Å². The number of benzene rings is 1. The number of carbonyl (C=O) groups excluding carboxylic acids is 2. The van der Waals surface area contributed by atoms with Crippen LogP contribution in [0.15, 0.2) is 24.3 Å². The molecule has 0 unspecified atom stereocenters. The first-order valence-corrected chi connectivity index (χ1v) is 9.34. The monoisotopic (exact) mass is 344 g/mol. The molecule has 2 saturated carbocycles. The van der Waals surface area contributed by atoms with E-state index in [0.717, 1.165) is 49.8 Å². The molecule has 1 aromatic carbocycles. The third-order valence-electron chi connectivity index (χ3n) is 5.51. The van der Waals surface area contributed by atoms with Crippen LogP contribution in [0, 0.1) is 5.92 Å². The first-order valence-electron chi connectivity index (χ1n) is 9.34. The molecule has 0 aliphatic heterocycles. The molecule has 5 nitrogen and oxygen atoms in total. The molecule has 136 valence electrons. The van der Waals surface area contributed by atoms with Gasteiger partial charge in [0.2, 0.25) is 11.8 Å². The van der Waals surface area contributed by atoms with Crippen LogP contribution < -0.4 is 15.4 Å². The molecule has 0 saturated heterocycles. The highest BCUT2D eigenvalue weighted by Gasteiger charge is 2.49. The van der Waals surface area contributed by atoms with Crippen LogP contribution in [0.25, 0.3) is 0 Å². The quantitative estimate of drug-likeness (QED) is 0.834. The Bertz CT molecular complexity index is 638. The maximum Gasteiger partial charge on any atom is 0.245 e. The molecule has 0 bridgehead atoms. The molecule has 0 spiro atoms. The molecule has 2 atom stereocenters. The minimum absolute atomic E-state index is 0.00376. The van der Waals surface area contributed by atoms with Crippen LogP contribution in [-0.2, 0) is 9.59 Å². The summed E-state index contributed by atoms with van der Waals surface area (Å²) in [7, 11) is 1.66. The van der Waals surface area contributed by atoms with Crippen molar-refractivity contribution in [1.82, 2.24) is 10.6 Å². The highest BCUT2D eigenvalue weighted by atomic mass is 16.5. The first-order chi connectivity index (χ1) is 12.1. The molecular weight excluding hydrogens is 316 g/mol. The lowest BCUT2D eigenvalue weighted by Crippen LogP contribution is -2.60. The number of hydrogen-bond donors (Lipinski definition) is 2. The number of methoxy groups -OCH3 is 1. The number of ether oxygens (including phenoxy) is 1. The predicted octanol–water partition coefficient (Wildman–Crippen LogP) is 2.75. The van der Waals surface area contributed by atoms with Gasteiger partial charge in [-0.2, -0.15) is 0 Å². The molecule has 2 aliphatic carbocycles. The number of para-hydroxylation sites is 1. The summed E-state index contributed by atoms with van der Waals surface area (Å²) in [5, 5.41) is 6.03. The summed E-state index contributed by atoms with van der Waals surface area (Å²) in [6, 6.07) is 7.87. The van der Waals surface area contributed by atoms with E-state index < -0.39 is 5.54 Å². The van der Waals surface area contributed by atoms with Crippen molar-refractivity contribution in [1.29, 1.82) is 0 Å². The van der Waals surface area contributed by atoms with Gasteiger partial charge in [-0.1, -0.05) is 37.5 Å². The molecule has 3 rings (SSSR count). The van der Waals surface area contributed by atoms with Gasteiger partial charge >= 0.3 is 0 Å². The zero-order chi connectivity index (χ0) is 17.9. The van der Waals surface area contributed by atoms with Crippen molar-refractivity contribution in [3.63, 3.8) is 0 Å². The fraction of sp³-hybridized carbons (Fsp3) is 0.600. The van der Waals surface area contributed by atoms with Gasteiger partial charge in [0.1, 0.15) is 11.3 Å². The zero-order valence-corrected chi connectivity index (χ0v) is 15.1. The molecule has 0 aromatic heterocycles. The normalized spacial score (nSPS) is 24.2. The van der Waals surface area contributed by atoms with Gasteiger partial charge in [0, 0.05) is 12.5 Å². The predicted molar refractivity (Wildman–Crippen MR) is 96.5 cm³/mol. The van der Waals surface area contributed by atoms with E-state index in [9.17, 15) is 9.59 Å². The minimum Gasteiger partial charge on any atom is -0.496 e. The smallest absolute Gasteiger partial charge is 0.245 e. The Morgan fingerprint density at radius 3 is 2.60 bits per heavy atom. The van der Waals surface area contributed by atoms with Gasteiger partial charge in [-0.3, -0.25) is 9.59 Å². The molecular formula is C20H28N2O3. The van der Waals surface area contributed by atoms with E-state index in [1.54, 1.807) is 7.11 Å². The van der Waals surface area contributed by atoms with Crippen LogP contribution in [0.4, 0.5) is 0 Å². The number of rotatable bonds is 6. The summed E-state index contributed by atoms with van der Waals surface area (Å²) < 4.78 is 5.42. The topological polar surface area (TPSA) is 67.4 Å². The second-order valence-corrected chi connectivity index (χ2v) is 7.18. The SMILES string of the molecule is CCNC(=O)C1(NC(=O)[C@@H]2C[C@H]2c2ccccc2OC)CCCCC1. The minimum atomic E-state index is -0.723. The molecule has 2 N–H and O–H groups in total. The van der Waals surface area contributed by atoms with Crippen molar-refractivity contribution >= 4 is 11.8 Å². The molecule has 0 radical (unpaired) electrons. The molecule has 2 aliphatic rings. The fourth-order valence-corrected chi connectivity index (χ4v) is 4.02. The van der Waals surface area contributed by atoms with Gasteiger partial charge in [-0.15, -0.1) is 0 Å². The molecule has 25 heavy (non-hydrogen) atoms. The molecule has 2 amide bonds. The lowest BCUT2D eigenvalue weighted by molar-refractivity contribution is -0.135. The van der Waals surface area contributed by atoms with Crippen molar-refractivity contribution in [2.24, 2.45) is 5.92 Å². The average Bonchev–Trinajstić information content (AvgIpc) is 3.43. The Hall–Kier alpha value is -2.04. The summed E-state index contributed by atoms with van der Waals surface area (Å²) in [5.41, 5.74) is 0.361. The molecule has 2 fully saturated rings. The Kier molecular flexibility index (Phi) is 5.30. The van der Waals surface area contributed by atoms with E-state index >= 15 is 0 Å². The van der Waals surface area contributed by atoms with Crippen molar-refractivity contribution in [3.8, 4) is 5.75 Å². The van der Waals surface area contributed by atoms with E-state index in [1.165, 1.54) is 0 Å².